The molecule has 2 nitrogen and oxygen atoms in total. The van der Waals surface area contributed by atoms with E-state index >= 15 is 0 Å². The first-order valence-corrected chi connectivity index (χ1v) is 4.73. The predicted molar refractivity (Wildman–Crippen MR) is 57.0 cm³/mol. The number of aromatic nitrogens is 1. The van der Waals surface area contributed by atoms with Crippen LogP contribution in [0.3, 0.4) is 0 Å². The Morgan fingerprint density at radius 1 is 1.38 bits per heavy atom. The predicted octanol–water partition coefficient (Wildman–Crippen LogP) is 1.88. The van der Waals surface area contributed by atoms with Crippen molar-refractivity contribution in [2.75, 3.05) is 6.54 Å². The Morgan fingerprint density at radius 3 is 2.23 bits per heavy atom. The second-order valence-electron chi connectivity index (χ2n) is 4.43. The molecule has 0 saturated heterocycles. The van der Waals surface area contributed by atoms with Gasteiger partial charge in [-0.2, -0.15) is 0 Å². The molecule has 0 unspecified atom stereocenters. The largest absolute Gasteiger partial charge is 0.352 e. The molecule has 0 atom stereocenters. The van der Waals surface area contributed by atoms with Crippen molar-refractivity contribution in [2.24, 2.45) is 12.8 Å². The van der Waals surface area contributed by atoms with Crippen LogP contribution in [0.2, 0.25) is 0 Å². The lowest BCUT2D eigenvalue weighted by Gasteiger charge is -2.22. The lowest BCUT2D eigenvalue weighted by molar-refractivity contribution is 0.534. The molecule has 1 aromatic heterocycles. The van der Waals surface area contributed by atoms with Crippen molar-refractivity contribution in [1.29, 1.82) is 0 Å². The fourth-order valence-electron chi connectivity index (χ4n) is 1.65. The van der Waals surface area contributed by atoms with E-state index in [-0.39, 0.29) is 5.41 Å². The van der Waals surface area contributed by atoms with Gasteiger partial charge in [-0.15, -0.1) is 0 Å². The highest BCUT2D eigenvalue weighted by molar-refractivity contribution is 5.33. The number of nitrogens with two attached hydrogens (primary N) is 1. The summed E-state index contributed by atoms with van der Waals surface area (Å²) < 4.78 is 2.22. The average Bonchev–Trinajstić information content (AvgIpc) is 2.33. The molecule has 0 fully saturated rings. The van der Waals surface area contributed by atoms with Gasteiger partial charge in [0, 0.05) is 30.4 Å². The van der Waals surface area contributed by atoms with E-state index in [1.165, 1.54) is 17.0 Å². The molecule has 0 radical (unpaired) electrons. The summed E-state index contributed by atoms with van der Waals surface area (Å²) in [6.07, 6.45) is 0. The van der Waals surface area contributed by atoms with Crippen LogP contribution in [0.1, 0.15) is 30.8 Å². The standard InChI is InChI=1S/C11H20N2/c1-8-6-10(9(2)13(8)5)11(3,4)7-12/h6H,7,12H2,1-5H3. The third-order valence-corrected chi connectivity index (χ3v) is 3.01. The van der Waals surface area contributed by atoms with Crippen LogP contribution < -0.4 is 5.73 Å². The van der Waals surface area contributed by atoms with E-state index in [9.17, 15) is 0 Å². The fraction of sp³-hybridized carbons (Fsp3) is 0.636. The summed E-state index contributed by atoms with van der Waals surface area (Å²) in [7, 11) is 2.10. The minimum atomic E-state index is 0.0934. The first kappa shape index (κ1) is 10.3. The first-order valence-electron chi connectivity index (χ1n) is 4.73. The Bertz CT molecular complexity index is 308. The van der Waals surface area contributed by atoms with Gasteiger partial charge >= 0.3 is 0 Å². The summed E-state index contributed by atoms with van der Waals surface area (Å²) >= 11 is 0. The van der Waals surface area contributed by atoms with Gasteiger partial charge in [0.15, 0.2) is 0 Å². The van der Waals surface area contributed by atoms with Crippen LogP contribution in [0, 0.1) is 13.8 Å². The number of nitrogens with zero attached hydrogens (tertiary/aromatic N) is 1. The third kappa shape index (κ3) is 1.63. The van der Waals surface area contributed by atoms with Crippen molar-refractivity contribution in [3.63, 3.8) is 0 Å². The highest BCUT2D eigenvalue weighted by Gasteiger charge is 2.22. The van der Waals surface area contributed by atoms with Crippen LogP contribution in [0.15, 0.2) is 6.07 Å². The Balaban J connectivity index is 3.23. The molecule has 0 aromatic carbocycles. The maximum absolute atomic E-state index is 5.76. The minimum Gasteiger partial charge on any atom is -0.352 e. The van der Waals surface area contributed by atoms with E-state index in [4.69, 9.17) is 5.73 Å². The smallest absolute Gasteiger partial charge is 0.0181 e. The van der Waals surface area contributed by atoms with E-state index in [2.05, 4.69) is 45.4 Å². The molecule has 0 aliphatic rings. The molecular weight excluding hydrogens is 160 g/mol. The Labute approximate surface area is 80.7 Å². The maximum atomic E-state index is 5.76. The zero-order valence-electron chi connectivity index (χ0n) is 9.31. The Morgan fingerprint density at radius 2 is 1.92 bits per heavy atom. The monoisotopic (exact) mass is 180 g/mol. The second kappa shape index (κ2) is 3.18. The molecule has 1 heterocycles. The summed E-state index contributed by atoms with van der Waals surface area (Å²) in [4.78, 5) is 0. The fourth-order valence-corrected chi connectivity index (χ4v) is 1.65. The van der Waals surface area contributed by atoms with Crippen molar-refractivity contribution >= 4 is 0 Å². The van der Waals surface area contributed by atoms with Gasteiger partial charge in [-0.1, -0.05) is 13.8 Å². The van der Waals surface area contributed by atoms with Crippen molar-refractivity contribution < 1.29 is 0 Å². The summed E-state index contributed by atoms with van der Waals surface area (Å²) in [6.45, 7) is 9.35. The van der Waals surface area contributed by atoms with Crippen LogP contribution in [-0.2, 0) is 12.5 Å². The molecule has 74 valence electrons. The zero-order valence-corrected chi connectivity index (χ0v) is 9.31. The lowest BCUT2D eigenvalue weighted by atomic mass is 9.85. The van der Waals surface area contributed by atoms with Crippen LogP contribution in [0.5, 0.6) is 0 Å². The minimum absolute atomic E-state index is 0.0934. The maximum Gasteiger partial charge on any atom is 0.0181 e. The van der Waals surface area contributed by atoms with E-state index in [1.54, 1.807) is 0 Å². The summed E-state index contributed by atoms with van der Waals surface area (Å²) in [5.41, 5.74) is 9.85. The quantitative estimate of drug-likeness (QED) is 0.740. The van der Waals surface area contributed by atoms with E-state index in [0.717, 1.165) is 0 Å². The number of hydrogen-bond acceptors (Lipinski definition) is 1. The number of aryl methyl sites for hydroxylation is 1. The van der Waals surface area contributed by atoms with E-state index in [0.29, 0.717) is 6.54 Å². The zero-order chi connectivity index (χ0) is 10.2. The average molecular weight is 180 g/mol. The van der Waals surface area contributed by atoms with Gasteiger partial charge in [-0.3, -0.25) is 0 Å². The Hall–Kier alpha value is -0.760. The molecule has 1 aromatic rings. The molecular formula is C11H20N2. The van der Waals surface area contributed by atoms with Gasteiger partial charge in [-0.25, -0.2) is 0 Å². The molecule has 0 aliphatic heterocycles. The number of hydrogen-bond donors (Lipinski definition) is 1. The van der Waals surface area contributed by atoms with Crippen molar-refractivity contribution in [3.8, 4) is 0 Å². The third-order valence-electron chi connectivity index (χ3n) is 3.01. The van der Waals surface area contributed by atoms with Crippen LogP contribution in [0.25, 0.3) is 0 Å². The number of rotatable bonds is 2. The molecule has 2 N–H and O–H groups in total. The molecule has 2 heteroatoms. The molecule has 0 spiro atoms. The molecule has 0 bridgehead atoms. The summed E-state index contributed by atoms with van der Waals surface area (Å²) in [5, 5.41) is 0. The van der Waals surface area contributed by atoms with Gasteiger partial charge in [0.1, 0.15) is 0 Å². The second-order valence-corrected chi connectivity index (χ2v) is 4.43. The highest BCUT2D eigenvalue weighted by atomic mass is 14.9. The van der Waals surface area contributed by atoms with Crippen LogP contribution >= 0.6 is 0 Å². The van der Waals surface area contributed by atoms with Gasteiger partial charge in [0.2, 0.25) is 0 Å². The lowest BCUT2D eigenvalue weighted by Crippen LogP contribution is -2.28. The van der Waals surface area contributed by atoms with E-state index in [1.807, 2.05) is 0 Å². The van der Waals surface area contributed by atoms with Gasteiger partial charge in [0.25, 0.3) is 0 Å². The summed E-state index contributed by atoms with van der Waals surface area (Å²) in [5.74, 6) is 0. The molecule has 1 rings (SSSR count). The molecule has 0 amide bonds. The van der Waals surface area contributed by atoms with Gasteiger partial charge in [-0.05, 0) is 25.5 Å². The molecule has 0 saturated carbocycles. The Kier molecular flexibility index (Phi) is 2.53. The normalized spacial score (nSPS) is 12.2. The van der Waals surface area contributed by atoms with Gasteiger partial charge < -0.3 is 10.3 Å². The molecule has 0 aliphatic carbocycles. The van der Waals surface area contributed by atoms with Crippen molar-refractivity contribution in [1.82, 2.24) is 4.57 Å². The van der Waals surface area contributed by atoms with Crippen molar-refractivity contribution in [2.45, 2.75) is 33.1 Å². The summed E-state index contributed by atoms with van der Waals surface area (Å²) in [6, 6.07) is 2.24. The van der Waals surface area contributed by atoms with Crippen LogP contribution in [0.4, 0.5) is 0 Å². The SMILES string of the molecule is Cc1cc(C(C)(C)CN)c(C)n1C. The van der Waals surface area contributed by atoms with E-state index < -0.39 is 0 Å². The first-order chi connectivity index (χ1) is 5.90. The van der Waals surface area contributed by atoms with Gasteiger partial charge in [0.05, 0.1) is 0 Å². The molecule has 13 heavy (non-hydrogen) atoms. The highest BCUT2D eigenvalue weighted by Crippen LogP contribution is 2.27. The topological polar surface area (TPSA) is 30.9 Å². The van der Waals surface area contributed by atoms with Crippen molar-refractivity contribution in [3.05, 3.63) is 23.0 Å². The van der Waals surface area contributed by atoms with Crippen LogP contribution in [-0.4, -0.2) is 11.1 Å².